The number of hydrogen-bond donors (Lipinski definition) is 1. The van der Waals surface area contributed by atoms with Gasteiger partial charge >= 0.3 is 0 Å². The fraction of sp³-hybridized carbons (Fsp3) is 0. The van der Waals surface area contributed by atoms with Gasteiger partial charge in [0.1, 0.15) is 0 Å². The van der Waals surface area contributed by atoms with E-state index in [1.165, 1.54) is 6.08 Å². The molecule has 3 nitrogen and oxygen atoms in total. The minimum atomic E-state index is -0.431. The molecule has 1 N–H and O–H groups in total. The molecule has 0 saturated carbocycles. The van der Waals surface area contributed by atoms with Crippen LogP contribution in [0.1, 0.15) is 15.9 Å². The Labute approximate surface area is 177 Å². The summed E-state index contributed by atoms with van der Waals surface area (Å²) in [6.45, 7) is 0. The third kappa shape index (κ3) is 3.88. The smallest absolute Gasteiger partial charge is 0.260 e. The van der Waals surface area contributed by atoms with E-state index < -0.39 is 11.3 Å². The summed E-state index contributed by atoms with van der Waals surface area (Å²) >= 11 is 12.1. The van der Waals surface area contributed by atoms with Crippen LogP contribution in [0.2, 0.25) is 10.0 Å². The quantitative estimate of drug-likeness (QED) is 0.307. The molecule has 1 aromatic heterocycles. The predicted molar refractivity (Wildman–Crippen MR) is 120 cm³/mol. The van der Waals surface area contributed by atoms with E-state index in [9.17, 15) is 9.59 Å². The van der Waals surface area contributed by atoms with Gasteiger partial charge in [-0.2, -0.15) is 0 Å². The van der Waals surface area contributed by atoms with Crippen molar-refractivity contribution in [1.82, 2.24) is 4.98 Å². The van der Waals surface area contributed by atoms with Crippen LogP contribution in [0.5, 0.6) is 0 Å². The van der Waals surface area contributed by atoms with Crippen molar-refractivity contribution >= 4 is 46.0 Å². The molecule has 5 heteroatoms. The molecule has 0 fully saturated rings. The standard InChI is InChI=1S/C24H15Cl2NO2/c25-17-12-10-15(19(26)14-17)11-13-21(28)23-22(16-6-2-1-3-7-16)18-8-4-5-9-20(18)27-24(23)29/h1-14H,(H,27,29)/b13-11+. The van der Waals surface area contributed by atoms with Gasteiger partial charge in [-0.25, -0.2) is 0 Å². The van der Waals surface area contributed by atoms with Gasteiger partial charge in [0.15, 0.2) is 5.78 Å². The fourth-order valence-corrected chi connectivity index (χ4v) is 3.74. The van der Waals surface area contributed by atoms with Crippen molar-refractivity contribution < 1.29 is 4.79 Å². The Hall–Kier alpha value is -3.14. The van der Waals surface area contributed by atoms with Crippen LogP contribution in [0.3, 0.4) is 0 Å². The Morgan fingerprint density at radius 1 is 0.897 bits per heavy atom. The van der Waals surface area contributed by atoms with Gasteiger partial charge in [-0.1, -0.05) is 77.8 Å². The number of aromatic nitrogens is 1. The Kier molecular flexibility index (Phi) is 5.34. The second-order valence-corrected chi connectivity index (χ2v) is 7.32. The van der Waals surface area contributed by atoms with Crippen molar-refractivity contribution in [3.63, 3.8) is 0 Å². The van der Waals surface area contributed by atoms with Crippen molar-refractivity contribution in [2.75, 3.05) is 0 Å². The zero-order valence-electron chi connectivity index (χ0n) is 15.2. The van der Waals surface area contributed by atoms with Gasteiger partial charge in [0.2, 0.25) is 0 Å². The van der Waals surface area contributed by atoms with Crippen molar-refractivity contribution in [2.24, 2.45) is 0 Å². The van der Waals surface area contributed by atoms with Gasteiger partial charge in [0.25, 0.3) is 5.56 Å². The van der Waals surface area contributed by atoms with Crippen molar-refractivity contribution in [3.05, 3.63) is 110 Å². The van der Waals surface area contributed by atoms with Crippen molar-refractivity contribution in [1.29, 1.82) is 0 Å². The van der Waals surface area contributed by atoms with Crippen LogP contribution in [0.15, 0.2) is 83.7 Å². The number of carbonyl (C=O) groups is 1. The third-order valence-corrected chi connectivity index (χ3v) is 5.17. The molecule has 0 aliphatic carbocycles. The highest BCUT2D eigenvalue weighted by Crippen LogP contribution is 2.30. The number of aromatic amines is 1. The molecule has 3 aromatic carbocycles. The van der Waals surface area contributed by atoms with Crippen LogP contribution in [-0.2, 0) is 0 Å². The highest BCUT2D eigenvalue weighted by molar-refractivity contribution is 6.35. The molecule has 0 aliphatic rings. The first-order chi connectivity index (χ1) is 14.0. The minimum Gasteiger partial charge on any atom is -0.321 e. The molecule has 0 atom stereocenters. The highest BCUT2D eigenvalue weighted by Gasteiger charge is 2.19. The molecule has 0 radical (unpaired) electrons. The van der Waals surface area contributed by atoms with E-state index in [0.29, 0.717) is 26.7 Å². The number of benzene rings is 3. The van der Waals surface area contributed by atoms with E-state index in [4.69, 9.17) is 23.2 Å². The maximum Gasteiger partial charge on any atom is 0.260 e. The van der Waals surface area contributed by atoms with E-state index in [2.05, 4.69) is 4.98 Å². The lowest BCUT2D eigenvalue weighted by Gasteiger charge is -2.11. The third-order valence-electron chi connectivity index (χ3n) is 4.61. The largest absolute Gasteiger partial charge is 0.321 e. The number of carbonyl (C=O) groups excluding carboxylic acids is 1. The average molecular weight is 420 g/mol. The van der Waals surface area contributed by atoms with Gasteiger partial charge in [-0.05, 0) is 41.5 Å². The second kappa shape index (κ2) is 8.08. The number of rotatable bonds is 4. The maximum absolute atomic E-state index is 13.1. The lowest BCUT2D eigenvalue weighted by atomic mass is 9.94. The molecule has 1 heterocycles. The summed E-state index contributed by atoms with van der Waals surface area (Å²) in [6.07, 6.45) is 2.95. The molecular formula is C24H15Cl2NO2. The zero-order valence-corrected chi connectivity index (χ0v) is 16.7. The minimum absolute atomic E-state index is 0.0937. The van der Waals surface area contributed by atoms with Crippen LogP contribution < -0.4 is 5.56 Å². The van der Waals surface area contributed by atoms with E-state index in [1.807, 2.05) is 54.6 Å². The zero-order chi connectivity index (χ0) is 20.4. The molecular weight excluding hydrogens is 405 g/mol. The lowest BCUT2D eigenvalue weighted by molar-refractivity contribution is 0.104. The molecule has 29 heavy (non-hydrogen) atoms. The molecule has 0 unspecified atom stereocenters. The first kappa shape index (κ1) is 19.2. The van der Waals surface area contributed by atoms with Crippen LogP contribution in [0, 0.1) is 0 Å². The van der Waals surface area contributed by atoms with Gasteiger partial charge < -0.3 is 4.98 Å². The normalized spacial score (nSPS) is 11.2. The number of fused-ring (bicyclic) bond motifs is 1. The molecule has 142 valence electrons. The summed E-state index contributed by atoms with van der Waals surface area (Å²) in [7, 11) is 0. The maximum atomic E-state index is 13.1. The van der Waals surface area contributed by atoms with Crippen LogP contribution in [0.25, 0.3) is 28.1 Å². The van der Waals surface area contributed by atoms with E-state index in [1.54, 1.807) is 24.3 Å². The highest BCUT2D eigenvalue weighted by atomic mass is 35.5. The number of nitrogens with one attached hydrogen (secondary N) is 1. The lowest BCUT2D eigenvalue weighted by Crippen LogP contribution is -2.18. The summed E-state index contributed by atoms with van der Waals surface area (Å²) in [5, 5.41) is 1.74. The average Bonchev–Trinajstić information content (AvgIpc) is 2.72. The Bertz CT molecular complexity index is 1310. The Balaban J connectivity index is 1.89. The monoisotopic (exact) mass is 419 g/mol. The first-order valence-electron chi connectivity index (χ1n) is 8.92. The van der Waals surface area contributed by atoms with E-state index >= 15 is 0 Å². The number of allylic oxidation sites excluding steroid dienone is 1. The molecule has 0 bridgehead atoms. The summed E-state index contributed by atoms with van der Waals surface area (Å²) in [5.74, 6) is -0.401. The van der Waals surface area contributed by atoms with Crippen LogP contribution in [0.4, 0.5) is 0 Å². The second-order valence-electron chi connectivity index (χ2n) is 6.48. The molecule has 4 aromatic rings. The van der Waals surface area contributed by atoms with Gasteiger partial charge in [-0.3, -0.25) is 9.59 Å². The number of halogens is 2. The SMILES string of the molecule is O=C(/C=C/c1ccc(Cl)cc1Cl)c1c(-c2ccccc2)c2ccccc2[nH]c1=O. The molecule has 0 spiro atoms. The summed E-state index contributed by atoms with van der Waals surface area (Å²) in [4.78, 5) is 28.7. The molecule has 4 rings (SSSR count). The number of H-pyrrole nitrogens is 1. The number of hydrogen-bond acceptors (Lipinski definition) is 2. The van der Waals surface area contributed by atoms with Crippen LogP contribution in [-0.4, -0.2) is 10.8 Å². The van der Waals surface area contributed by atoms with Crippen molar-refractivity contribution in [2.45, 2.75) is 0 Å². The predicted octanol–water partition coefficient (Wildman–Crippen LogP) is 6.40. The molecule has 0 aliphatic heterocycles. The summed E-state index contributed by atoms with van der Waals surface area (Å²) < 4.78 is 0. The number of para-hydroxylation sites is 1. The van der Waals surface area contributed by atoms with E-state index in [0.717, 1.165) is 10.9 Å². The van der Waals surface area contributed by atoms with Crippen LogP contribution >= 0.6 is 23.2 Å². The summed E-state index contributed by atoms with van der Waals surface area (Å²) in [6, 6.07) is 21.9. The van der Waals surface area contributed by atoms with Gasteiger partial charge in [0.05, 0.1) is 5.56 Å². The molecule has 0 saturated heterocycles. The Morgan fingerprint density at radius 3 is 2.38 bits per heavy atom. The number of ketones is 1. The molecule has 0 amide bonds. The van der Waals surface area contributed by atoms with Crippen molar-refractivity contribution in [3.8, 4) is 11.1 Å². The topological polar surface area (TPSA) is 49.9 Å². The van der Waals surface area contributed by atoms with E-state index in [-0.39, 0.29) is 5.56 Å². The first-order valence-corrected chi connectivity index (χ1v) is 9.68. The fourth-order valence-electron chi connectivity index (χ4n) is 3.27. The Morgan fingerprint density at radius 2 is 1.62 bits per heavy atom. The summed E-state index contributed by atoms with van der Waals surface area (Å²) in [5.41, 5.74) is 2.40. The van der Waals surface area contributed by atoms with Gasteiger partial charge in [-0.15, -0.1) is 0 Å². The van der Waals surface area contributed by atoms with Gasteiger partial charge in [0, 0.05) is 26.5 Å². The number of pyridine rings is 1.